The Labute approximate surface area is 156 Å². The maximum Gasteiger partial charge on any atom is 0.306 e. The third-order valence-corrected chi connectivity index (χ3v) is 3.68. The second-order valence-corrected chi connectivity index (χ2v) is 6.02. The van der Waals surface area contributed by atoms with E-state index in [1.807, 2.05) is 19.1 Å². The van der Waals surface area contributed by atoms with E-state index in [2.05, 4.69) is 10.6 Å². The minimum absolute atomic E-state index is 0.0508. The van der Waals surface area contributed by atoms with Gasteiger partial charge < -0.3 is 15.4 Å². The molecule has 0 bridgehead atoms. The summed E-state index contributed by atoms with van der Waals surface area (Å²) in [5.41, 5.74) is 2.12. The highest BCUT2D eigenvalue weighted by atomic mass is 35.5. The molecule has 0 aliphatic heterocycles. The van der Waals surface area contributed by atoms with E-state index in [0.29, 0.717) is 16.4 Å². The number of para-hydroxylation sites is 1. The number of benzene rings is 2. The fourth-order valence-electron chi connectivity index (χ4n) is 2.12. The predicted octanol–water partition coefficient (Wildman–Crippen LogP) is 3.55. The Morgan fingerprint density at radius 3 is 2.46 bits per heavy atom. The third kappa shape index (κ3) is 6.57. The topological polar surface area (TPSA) is 84.5 Å². The number of anilines is 2. The Kier molecular flexibility index (Phi) is 7.17. The van der Waals surface area contributed by atoms with Gasteiger partial charge in [-0.15, -0.1) is 0 Å². The minimum Gasteiger partial charge on any atom is -0.456 e. The fourth-order valence-corrected chi connectivity index (χ4v) is 2.31. The molecule has 0 atom stereocenters. The van der Waals surface area contributed by atoms with Crippen LogP contribution in [0.15, 0.2) is 48.5 Å². The van der Waals surface area contributed by atoms with Crippen LogP contribution in [0.25, 0.3) is 0 Å². The Bertz CT molecular complexity index is 808. The Morgan fingerprint density at radius 2 is 1.73 bits per heavy atom. The lowest BCUT2D eigenvalue weighted by molar-refractivity contribution is -0.147. The molecule has 0 aliphatic rings. The normalized spacial score (nSPS) is 10.1. The lowest BCUT2D eigenvalue weighted by Gasteiger charge is -2.09. The molecule has 2 rings (SSSR count). The zero-order valence-electron chi connectivity index (χ0n) is 14.3. The summed E-state index contributed by atoms with van der Waals surface area (Å²) in [4.78, 5) is 35.3. The Hall–Kier alpha value is -2.86. The van der Waals surface area contributed by atoms with Crippen LogP contribution in [0.5, 0.6) is 0 Å². The second kappa shape index (κ2) is 9.58. The number of carbonyl (C=O) groups excluding carboxylic acids is 3. The molecule has 2 aromatic rings. The number of esters is 1. The summed E-state index contributed by atoms with van der Waals surface area (Å²) >= 11 is 5.83. The molecule has 26 heavy (non-hydrogen) atoms. The van der Waals surface area contributed by atoms with Crippen molar-refractivity contribution in [2.24, 2.45) is 0 Å². The first-order valence-corrected chi connectivity index (χ1v) is 8.38. The van der Waals surface area contributed by atoms with E-state index < -0.39 is 18.5 Å². The first-order chi connectivity index (χ1) is 12.4. The van der Waals surface area contributed by atoms with Gasteiger partial charge in [-0.25, -0.2) is 0 Å². The molecule has 0 fully saturated rings. The molecule has 0 heterocycles. The number of hydrogen-bond acceptors (Lipinski definition) is 4. The van der Waals surface area contributed by atoms with Crippen molar-refractivity contribution in [2.75, 3.05) is 17.2 Å². The smallest absolute Gasteiger partial charge is 0.306 e. The quantitative estimate of drug-likeness (QED) is 0.726. The SMILES string of the molecule is Cc1ccccc1NC(=O)COC(=O)CCC(=O)Nc1cccc(Cl)c1. The molecule has 2 N–H and O–H groups in total. The number of rotatable bonds is 7. The van der Waals surface area contributed by atoms with Crippen molar-refractivity contribution < 1.29 is 19.1 Å². The predicted molar refractivity (Wildman–Crippen MR) is 100 cm³/mol. The van der Waals surface area contributed by atoms with Crippen LogP contribution in [0, 0.1) is 6.92 Å². The summed E-state index contributed by atoms with van der Waals surface area (Å²) in [5, 5.41) is 5.79. The van der Waals surface area contributed by atoms with E-state index in [9.17, 15) is 14.4 Å². The fraction of sp³-hybridized carbons (Fsp3) is 0.211. The van der Waals surface area contributed by atoms with E-state index in [1.54, 1.807) is 36.4 Å². The number of aryl methyl sites for hydroxylation is 1. The highest BCUT2D eigenvalue weighted by Crippen LogP contribution is 2.15. The summed E-state index contributed by atoms with van der Waals surface area (Å²) < 4.78 is 4.88. The molecule has 2 amide bonds. The second-order valence-electron chi connectivity index (χ2n) is 5.58. The maximum atomic E-state index is 11.8. The zero-order chi connectivity index (χ0) is 18.9. The van der Waals surface area contributed by atoms with E-state index >= 15 is 0 Å². The van der Waals surface area contributed by atoms with Crippen molar-refractivity contribution in [2.45, 2.75) is 19.8 Å². The zero-order valence-corrected chi connectivity index (χ0v) is 15.0. The van der Waals surface area contributed by atoms with Crippen molar-refractivity contribution in [3.05, 3.63) is 59.1 Å². The van der Waals surface area contributed by atoms with Crippen LogP contribution in [0.3, 0.4) is 0 Å². The molecule has 0 unspecified atom stereocenters. The molecule has 0 radical (unpaired) electrons. The van der Waals surface area contributed by atoms with Crippen molar-refractivity contribution >= 4 is 40.8 Å². The molecule has 0 spiro atoms. The van der Waals surface area contributed by atoms with Gasteiger partial charge in [-0.05, 0) is 36.8 Å². The first kappa shape index (κ1) is 19.5. The third-order valence-electron chi connectivity index (χ3n) is 3.45. The van der Waals surface area contributed by atoms with E-state index in [4.69, 9.17) is 16.3 Å². The van der Waals surface area contributed by atoms with Crippen molar-refractivity contribution in [3.8, 4) is 0 Å². The van der Waals surface area contributed by atoms with Gasteiger partial charge in [0.15, 0.2) is 6.61 Å². The molecule has 0 aromatic heterocycles. The Morgan fingerprint density at radius 1 is 0.962 bits per heavy atom. The number of hydrogen-bond donors (Lipinski definition) is 2. The first-order valence-electron chi connectivity index (χ1n) is 8.00. The van der Waals surface area contributed by atoms with Gasteiger partial charge in [0.2, 0.25) is 5.91 Å². The summed E-state index contributed by atoms with van der Waals surface area (Å²) in [7, 11) is 0. The number of ether oxygens (including phenoxy) is 1. The summed E-state index contributed by atoms with van der Waals surface area (Å²) in [6.45, 7) is 1.46. The van der Waals surface area contributed by atoms with Gasteiger partial charge in [0.1, 0.15) is 0 Å². The van der Waals surface area contributed by atoms with Crippen LogP contribution in [0.2, 0.25) is 5.02 Å². The average Bonchev–Trinajstić information content (AvgIpc) is 2.60. The molecule has 6 nitrogen and oxygen atoms in total. The van der Waals surface area contributed by atoms with Gasteiger partial charge in [0.05, 0.1) is 6.42 Å². The van der Waals surface area contributed by atoms with Gasteiger partial charge >= 0.3 is 5.97 Å². The summed E-state index contributed by atoms with van der Waals surface area (Å²) in [5.74, 6) is -1.39. The molecule has 7 heteroatoms. The maximum absolute atomic E-state index is 11.8. The molecule has 2 aromatic carbocycles. The molecule has 0 aliphatic carbocycles. The van der Waals surface area contributed by atoms with Gasteiger partial charge in [0.25, 0.3) is 5.91 Å². The van der Waals surface area contributed by atoms with Crippen LogP contribution in [0.1, 0.15) is 18.4 Å². The molecule has 0 saturated heterocycles. The molecule has 0 saturated carbocycles. The van der Waals surface area contributed by atoms with Gasteiger partial charge in [-0.1, -0.05) is 35.9 Å². The highest BCUT2D eigenvalue weighted by molar-refractivity contribution is 6.30. The van der Waals surface area contributed by atoms with Crippen molar-refractivity contribution in [3.63, 3.8) is 0 Å². The van der Waals surface area contributed by atoms with E-state index in [1.165, 1.54) is 0 Å². The lowest BCUT2D eigenvalue weighted by Crippen LogP contribution is -2.22. The van der Waals surface area contributed by atoms with Crippen LogP contribution >= 0.6 is 11.6 Å². The van der Waals surface area contributed by atoms with Gasteiger partial charge in [-0.2, -0.15) is 0 Å². The largest absolute Gasteiger partial charge is 0.456 e. The van der Waals surface area contributed by atoms with Crippen molar-refractivity contribution in [1.82, 2.24) is 0 Å². The number of carbonyl (C=O) groups is 3. The number of halogens is 1. The van der Waals surface area contributed by atoms with Crippen LogP contribution in [-0.2, 0) is 19.1 Å². The summed E-state index contributed by atoms with van der Waals surface area (Å²) in [6, 6.07) is 14.0. The standard InChI is InChI=1S/C19H19ClN2O4/c1-13-5-2-3-8-16(13)22-18(24)12-26-19(25)10-9-17(23)21-15-7-4-6-14(20)11-15/h2-8,11H,9-10,12H2,1H3,(H,21,23)(H,22,24). The highest BCUT2D eigenvalue weighted by Gasteiger charge is 2.11. The monoisotopic (exact) mass is 374 g/mol. The van der Waals surface area contributed by atoms with E-state index in [-0.39, 0.29) is 18.7 Å². The number of nitrogens with one attached hydrogen (secondary N) is 2. The van der Waals surface area contributed by atoms with Gasteiger partial charge in [0, 0.05) is 22.8 Å². The van der Waals surface area contributed by atoms with Crippen molar-refractivity contribution in [1.29, 1.82) is 0 Å². The summed E-state index contributed by atoms with van der Waals surface area (Å²) in [6.07, 6.45) is -0.172. The molecular formula is C19H19ClN2O4. The molecule has 136 valence electrons. The van der Waals surface area contributed by atoms with Crippen LogP contribution in [-0.4, -0.2) is 24.4 Å². The van der Waals surface area contributed by atoms with E-state index in [0.717, 1.165) is 5.56 Å². The average molecular weight is 375 g/mol. The lowest BCUT2D eigenvalue weighted by atomic mass is 10.2. The Balaban J connectivity index is 1.69. The van der Waals surface area contributed by atoms with Crippen LogP contribution in [0.4, 0.5) is 11.4 Å². The van der Waals surface area contributed by atoms with Crippen LogP contribution < -0.4 is 10.6 Å². The minimum atomic E-state index is -0.619. The van der Waals surface area contributed by atoms with Gasteiger partial charge in [-0.3, -0.25) is 14.4 Å². The number of amides is 2. The molecular weight excluding hydrogens is 356 g/mol.